The number of benzene rings is 2. The van der Waals surface area contributed by atoms with E-state index in [1.165, 1.54) is 0 Å². The molecule has 0 saturated heterocycles. The monoisotopic (exact) mass is 685 g/mol. The van der Waals surface area contributed by atoms with Crippen LogP contribution >= 0.6 is 0 Å². The number of unbranched alkanes of at least 4 members (excludes halogenated alkanes) is 2. The van der Waals surface area contributed by atoms with Gasteiger partial charge < -0.3 is 34.5 Å². The van der Waals surface area contributed by atoms with Gasteiger partial charge in [0.25, 0.3) is 5.91 Å². The second-order valence-corrected chi connectivity index (χ2v) is 14.6. The lowest BCUT2D eigenvalue weighted by atomic mass is 9.55. The number of nitriles is 1. The number of fused-ring (bicyclic) bond motifs is 2. The van der Waals surface area contributed by atoms with E-state index in [-0.39, 0.29) is 55.7 Å². The Kier molecular flexibility index (Phi) is 11.7. The molecular weight excluding hydrogens is 634 g/mol. The molecule has 1 amide bonds. The lowest BCUT2D eigenvalue weighted by Crippen LogP contribution is -2.69. The zero-order valence-corrected chi connectivity index (χ0v) is 29.7. The molecule has 0 bridgehead atoms. The molecule has 2 aromatic carbocycles. The second kappa shape index (κ2) is 15.8. The first-order valence-electron chi connectivity index (χ1n) is 17.7. The van der Waals surface area contributed by atoms with Crippen molar-refractivity contribution < 1.29 is 34.4 Å². The summed E-state index contributed by atoms with van der Waals surface area (Å²) in [5.74, 6) is -1.46. The molecule has 3 aliphatic rings. The summed E-state index contributed by atoms with van der Waals surface area (Å²) in [6.07, 6.45) is 8.84. The first-order valence-corrected chi connectivity index (χ1v) is 17.7. The van der Waals surface area contributed by atoms with Crippen LogP contribution in [0, 0.1) is 29.1 Å². The van der Waals surface area contributed by atoms with Gasteiger partial charge in [-0.25, -0.2) is 0 Å². The molecule has 3 N–H and O–H groups in total. The molecular formula is C40H51N3O7. The van der Waals surface area contributed by atoms with Gasteiger partial charge in [-0.3, -0.25) is 4.79 Å². The Morgan fingerprint density at radius 3 is 2.46 bits per heavy atom. The van der Waals surface area contributed by atoms with E-state index >= 15 is 0 Å². The van der Waals surface area contributed by atoms with E-state index in [2.05, 4.69) is 18.7 Å². The molecule has 50 heavy (non-hydrogen) atoms. The predicted octanol–water partition coefficient (Wildman–Crippen LogP) is 6.47. The van der Waals surface area contributed by atoms with Gasteiger partial charge in [-0.15, -0.1) is 6.58 Å². The number of carbonyl (C=O) groups is 1. The van der Waals surface area contributed by atoms with Crippen molar-refractivity contribution in [2.75, 3.05) is 26.9 Å². The number of aromatic hydroxyl groups is 1. The van der Waals surface area contributed by atoms with Crippen molar-refractivity contribution in [3.63, 3.8) is 0 Å². The van der Waals surface area contributed by atoms with Gasteiger partial charge in [0.05, 0.1) is 29.9 Å². The third kappa shape index (κ3) is 7.60. The van der Waals surface area contributed by atoms with Crippen molar-refractivity contribution >= 4 is 11.6 Å². The topological polar surface area (TPSA) is 145 Å². The Hall–Kier alpha value is -4.17. The summed E-state index contributed by atoms with van der Waals surface area (Å²) in [6, 6.07) is 13.1. The largest absolute Gasteiger partial charge is 0.508 e. The minimum Gasteiger partial charge on any atom is -0.508 e. The molecule has 0 aromatic heterocycles. The van der Waals surface area contributed by atoms with Gasteiger partial charge in [0, 0.05) is 43.7 Å². The Bertz CT molecular complexity index is 1620. The molecule has 10 heteroatoms. The van der Waals surface area contributed by atoms with Crippen LogP contribution in [-0.2, 0) is 9.57 Å². The highest BCUT2D eigenvalue weighted by molar-refractivity contribution is 6.03. The number of aliphatic hydroxyl groups excluding tert-OH is 2. The minimum absolute atomic E-state index is 0.0632. The summed E-state index contributed by atoms with van der Waals surface area (Å²) in [4.78, 5) is 22.0. The maximum absolute atomic E-state index is 14.3. The highest BCUT2D eigenvalue weighted by Gasteiger charge is 2.65. The highest BCUT2D eigenvalue weighted by Crippen LogP contribution is 2.61. The number of oxime groups is 1. The number of nitrogens with zero attached hydrogens (tertiary/aromatic N) is 3. The van der Waals surface area contributed by atoms with Gasteiger partial charge in [0.2, 0.25) is 5.79 Å². The fourth-order valence-electron chi connectivity index (χ4n) is 7.96. The maximum atomic E-state index is 14.3. The van der Waals surface area contributed by atoms with Crippen molar-refractivity contribution in [2.24, 2.45) is 22.9 Å². The number of allylic oxidation sites excluding steroid dienone is 1. The first-order chi connectivity index (χ1) is 24.0. The highest BCUT2D eigenvalue weighted by atomic mass is 16.7. The van der Waals surface area contributed by atoms with Crippen molar-refractivity contribution in [1.29, 1.82) is 5.26 Å². The van der Waals surface area contributed by atoms with Crippen LogP contribution in [0.25, 0.3) is 0 Å². The summed E-state index contributed by atoms with van der Waals surface area (Å²) in [5.41, 5.74) is 2.79. The van der Waals surface area contributed by atoms with Gasteiger partial charge in [0.15, 0.2) is 0 Å². The molecule has 10 nitrogen and oxygen atoms in total. The van der Waals surface area contributed by atoms with Crippen LogP contribution in [0.3, 0.4) is 0 Å². The van der Waals surface area contributed by atoms with Crippen molar-refractivity contribution in [1.82, 2.24) is 4.90 Å². The molecule has 1 aliphatic heterocycles. The third-order valence-electron chi connectivity index (χ3n) is 10.1. The molecule has 2 aliphatic carbocycles. The molecule has 268 valence electrons. The van der Waals surface area contributed by atoms with Crippen LogP contribution in [-0.4, -0.2) is 76.1 Å². The number of rotatable bonds is 14. The summed E-state index contributed by atoms with van der Waals surface area (Å²) in [7, 11) is 1.74. The number of hydrogen-bond donors (Lipinski definition) is 3. The van der Waals surface area contributed by atoms with E-state index in [0.29, 0.717) is 35.4 Å². The number of amides is 1. The number of aliphatic hydroxyl groups is 2. The van der Waals surface area contributed by atoms with E-state index in [1.807, 2.05) is 20.8 Å². The zero-order valence-electron chi connectivity index (χ0n) is 29.7. The molecule has 0 radical (unpaired) electrons. The quantitative estimate of drug-likeness (QED) is 0.117. The maximum Gasteiger partial charge on any atom is 0.254 e. The van der Waals surface area contributed by atoms with Crippen molar-refractivity contribution in [2.45, 2.75) is 89.1 Å². The van der Waals surface area contributed by atoms with Crippen LogP contribution in [0.2, 0.25) is 0 Å². The first kappa shape index (κ1) is 37.1. The lowest BCUT2D eigenvalue weighted by molar-refractivity contribution is -0.252. The number of phenolic OH excluding ortho intramolecular Hbond substituents is 1. The van der Waals surface area contributed by atoms with Crippen LogP contribution < -0.4 is 4.74 Å². The summed E-state index contributed by atoms with van der Waals surface area (Å²) >= 11 is 0. The molecule has 1 fully saturated rings. The van der Waals surface area contributed by atoms with Crippen molar-refractivity contribution in [3.8, 4) is 17.6 Å². The zero-order chi connectivity index (χ0) is 36.1. The Balaban J connectivity index is 1.75. The number of ether oxygens (including phenoxy) is 2. The molecule has 5 rings (SSSR count). The summed E-state index contributed by atoms with van der Waals surface area (Å²) in [6.45, 7) is 10.1. The summed E-state index contributed by atoms with van der Waals surface area (Å²) < 4.78 is 13.9. The fraction of sp³-hybridized carbons (Fsp3) is 0.525. The van der Waals surface area contributed by atoms with E-state index in [1.54, 1.807) is 60.5 Å². The molecule has 0 spiro atoms. The normalized spacial score (nSPS) is 26.1. The molecule has 1 heterocycles. The number of likely N-dealkylation sites (N-methyl/N-ethyl adjacent to an activating group) is 1. The average molecular weight is 686 g/mol. The predicted molar refractivity (Wildman–Crippen MR) is 191 cm³/mol. The Morgan fingerprint density at radius 1 is 1.12 bits per heavy atom. The van der Waals surface area contributed by atoms with Crippen molar-refractivity contribution in [3.05, 3.63) is 83.5 Å². The Morgan fingerprint density at radius 2 is 1.82 bits per heavy atom. The smallest absolute Gasteiger partial charge is 0.254 e. The van der Waals surface area contributed by atoms with Crippen LogP contribution in [0.5, 0.6) is 11.5 Å². The van der Waals surface area contributed by atoms with Gasteiger partial charge >= 0.3 is 0 Å². The molecule has 1 saturated carbocycles. The SMILES string of the molecule is C=CCO[C@@]12Oc3ccc(O)cc3[C@H]3[C@H](CCCCO)[C@@H](CCCCO)C=C(C(=NOC(C)(C)C)C[C@@H]1N(C)C(=O)c1ccc(C#N)cc1)[C@H]32. The summed E-state index contributed by atoms with van der Waals surface area (Å²) in [5, 5.41) is 44.4. The van der Waals surface area contributed by atoms with E-state index in [4.69, 9.17) is 19.5 Å². The minimum atomic E-state index is -1.38. The average Bonchev–Trinajstić information content (AvgIpc) is 3.10. The molecule has 0 unspecified atom stereocenters. The fourth-order valence-corrected chi connectivity index (χ4v) is 7.96. The van der Waals surface area contributed by atoms with Gasteiger partial charge in [-0.05, 0) is 106 Å². The van der Waals surface area contributed by atoms with E-state index in [9.17, 15) is 25.4 Å². The van der Waals surface area contributed by atoms with E-state index < -0.39 is 23.3 Å². The van der Waals surface area contributed by atoms with Gasteiger partial charge in [-0.1, -0.05) is 30.1 Å². The number of phenols is 1. The van der Waals surface area contributed by atoms with E-state index in [0.717, 1.165) is 36.8 Å². The van der Waals surface area contributed by atoms with Crippen LogP contribution in [0.1, 0.15) is 93.1 Å². The molecule has 2 aromatic rings. The number of hydrogen-bond acceptors (Lipinski definition) is 9. The second-order valence-electron chi connectivity index (χ2n) is 14.6. The lowest BCUT2D eigenvalue weighted by Gasteiger charge is -2.59. The molecule has 6 atom stereocenters. The Labute approximate surface area is 295 Å². The number of carbonyl (C=O) groups excluding carboxylic acids is 1. The van der Waals surface area contributed by atoms with Crippen LogP contribution in [0.4, 0.5) is 0 Å². The standard InChI is InChI=1S/C40H51N3O7/c1-6-21-48-40-35(43(5)38(47)27-15-13-26(25-41)14-16-27)24-33(42-50-39(2,3)4)31-22-28(11-7-9-19-44)30(12-8-10-20-45)36(37(31)40)32-23-29(46)17-18-34(32)49-40/h6,13-18,22-23,28,30,35-37,44-46H,1,7-12,19-21,24H2,2-5H3/t28-,30+,35-,36+,37+,40+/m0/s1. The van der Waals surface area contributed by atoms with Gasteiger partial charge in [-0.2, -0.15) is 5.26 Å². The van der Waals surface area contributed by atoms with Crippen LogP contribution in [0.15, 0.2) is 71.9 Å². The van der Waals surface area contributed by atoms with Gasteiger partial charge in [0.1, 0.15) is 23.1 Å². The third-order valence-corrected chi connectivity index (χ3v) is 10.1.